The Morgan fingerprint density at radius 3 is 2.73 bits per heavy atom. The molecule has 1 fully saturated rings. The van der Waals surface area contributed by atoms with Crippen molar-refractivity contribution in [2.75, 3.05) is 6.54 Å². The van der Waals surface area contributed by atoms with E-state index in [1.165, 1.54) is 0 Å². The van der Waals surface area contributed by atoms with E-state index in [1.54, 1.807) is 12.1 Å². The number of esters is 1. The summed E-state index contributed by atoms with van der Waals surface area (Å²) in [6.45, 7) is 2.96. The van der Waals surface area contributed by atoms with Gasteiger partial charge in [-0.1, -0.05) is 18.2 Å². The predicted molar refractivity (Wildman–Crippen MR) is 57.7 cm³/mol. The lowest BCUT2D eigenvalue weighted by Crippen LogP contribution is -2.30. The first-order chi connectivity index (χ1) is 7.27. The van der Waals surface area contributed by atoms with Crippen LogP contribution in [0.2, 0.25) is 0 Å². The second-order valence-corrected chi connectivity index (χ2v) is 3.84. The third kappa shape index (κ3) is 2.36. The average Bonchev–Trinajstić information content (AvgIpc) is 2.66. The molecular weight excluding hydrogens is 190 g/mol. The molecule has 3 nitrogen and oxygen atoms in total. The topological polar surface area (TPSA) is 38.3 Å². The lowest BCUT2D eigenvalue weighted by molar-refractivity contribution is 0.0286. The van der Waals surface area contributed by atoms with Crippen LogP contribution in [0, 0.1) is 0 Å². The summed E-state index contributed by atoms with van der Waals surface area (Å²) < 4.78 is 5.41. The number of ether oxygens (including phenoxy) is 1. The molecule has 1 saturated heterocycles. The minimum atomic E-state index is -0.226. The summed E-state index contributed by atoms with van der Waals surface area (Å²) in [5.41, 5.74) is 0.622. The molecule has 1 aliphatic rings. The highest BCUT2D eigenvalue weighted by molar-refractivity contribution is 5.89. The van der Waals surface area contributed by atoms with Crippen LogP contribution in [-0.4, -0.2) is 24.7 Å². The fourth-order valence-electron chi connectivity index (χ4n) is 1.78. The summed E-state index contributed by atoms with van der Waals surface area (Å²) in [5, 5.41) is 3.25. The fraction of sp³-hybridized carbons (Fsp3) is 0.417. The van der Waals surface area contributed by atoms with E-state index in [9.17, 15) is 4.79 Å². The van der Waals surface area contributed by atoms with Crippen LogP contribution in [0.3, 0.4) is 0 Å². The number of hydrogen-bond donors (Lipinski definition) is 1. The second-order valence-electron chi connectivity index (χ2n) is 3.84. The molecule has 3 heteroatoms. The van der Waals surface area contributed by atoms with E-state index in [4.69, 9.17) is 4.74 Å². The van der Waals surface area contributed by atoms with Crippen molar-refractivity contribution >= 4 is 5.97 Å². The number of carbonyl (C=O) groups is 1. The molecule has 2 rings (SSSR count). The van der Waals surface area contributed by atoms with Crippen LogP contribution in [0.25, 0.3) is 0 Å². The Balaban J connectivity index is 1.98. The van der Waals surface area contributed by atoms with E-state index < -0.39 is 0 Å². The van der Waals surface area contributed by atoms with Crippen LogP contribution in [0.1, 0.15) is 23.7 Å². The molecule has 80 valence electrons. The smallest absolute Gasteiger partial charge is 0.338 e. The number of rotatable bonds is 2. The molecule has 1 heterocycles. The highest BCUT2D eigenvalue weighted by Gasteiger charge is 2.26. The quantitative estimate of drug-likeness (QED) is 0.745. The highest BCUT2D eigenvalue weighted by atomic mass is 16.5. The van der Waals surface area contributed by atoms with E-state index in [0.29, 0.717) is 5.56 Å². The van der Waals surface area contributed by atoms with Crippen molar-refractivity contribution in [3.05, 3.63) is 35.9 Å². The van der Waals surface area contributed by atoms with Crippen molar-refractivity contribution in [1.29, 1.82) is 0 Å². The molecular formula is C12H15NO2. The van der Waals surface area contributed by atoms with Gasteiger partial charge < -0.3 is 10.1 Å². The molecule has 0 spiro atoms. The van der Waals surface area contributed by atoms with Gasteiger partial charge in [0.05, 0.1) is 5.56 Å². The minimum Gasteiger partial charge on any atom is -0.457 e. The molecule has 2 unspecified atom stereocenters. The third-order valence-electron chi connectivity index (χ3n) is 2.72. The van der Waals surface area contributed by atoms with Gasteiger partial charge in [-0.15, -0.1) is 0 Å². The Hall–Kier alpha value is -1.35. The number of benzene rings is 1. The molecule has 0 bridgehead atoms. The van der Waals surface area contributed by atoms with Crippen molar-refractivity contribution in [2.45, 2.75) is 25.5 Å². The van der Waals surface area contributed by atoms with Crippen molar-refractivity contribution in [2.24, 2.45) is 0 Å². The van der Waals surface area contributed by atoms with E-state index in [-0.39, 0.29) is 18.1 Å². The van der Waals surface area contributed by atoms with Gasteiger partial charge in [0.2, 0.25) is 0 Å². The lowest BCUT2D eigenvalue weighted by atomic mass is 10.2. The molecule has 1 N–H and O–H groups in total. The van der Waals surface area contributed by atoms with E-state index >= 15 is 0 Å². The van der Waals surface area contributed by atoms with Gasteiger partial charge >= 0.3 is 5.97 Å². The van der Waals surface area contributed by atoms with Crippen molar-refractivity contribution < 1.29 is 9.53 Å². The summed E-state index contributed by atoms with van der Waals surface area (Å²) >= 11 is 0. The Morgan fingerprint density at radius 2 is 2.13 bits per heavy atom. The van der Waals surface area contributed by atoms with Crippen LogP contribution < -0.4 is 5.32 Å². The second kappa shape index (κ2) is 4.45. The summed E-state index contributed by atoms with van der Waals surface area (Å²) in [6, 6.07) is 9.37. The first-order valence-corrected chi connectivity index (χ1v) is 5.27. The normalized spacial score (nSPS) is 25.1. The Bertz CT molecular complexity index is 337. The Morgan fingerprint density at radius 1 is 1.40 bits per heavy atom. The monoisotopic (exact) mass is 205 g/mol. The van der Waals surface area contributed by atoms with Crippen LogP contribution in [-0.2, 0) is 4.74 Å². The SMILES string of the molecule is CC1NCCC1OC(=O)c1ccccc1. The number of hydrogen-bond acceptors (Lipinski definition) is 3. The first kappa shape index (κ1) is 10.2. The summed E-state index contributed by atoms with van der Waals surface area (Å²) in [4.78, 5) is 11.7. The molecule has 2 atom stereocenters. The largest absolute Gasteiger partial charge is 0.457 e. The molecule has 0 amide bonds. The molecule has 0 saturated carbocycles. The molecule has 15 heavy (non-hydrogen) atoms. The van der Waals surface area contributed by atoms with Gasteiger partial charge in [-0.05, 0) is 32.0 Å². The number of nitrogens with one attached hydrogen (secondary N) is 1. The first-order valence-electron chi connectivity index (χ1n) is 5.27. The zero-order valence-electron chi connectivity index (χ0n) is 8.77. The standard InChI is InChI=1S/C12H15NO2/c1-9-11(7-8-13-9)15-12(14)10-5-3-2-4-6-10/h2-6,9,11,13H,7-8H2,1H3. The van der Waals surface area contributed by atoms with Gasteiger partial charge in [-0.25, -0.2) is 4.79 Å². The maximum absolute atomic E-state index is 11.7. The summed E-state index contributed by atoms with van der Waals surface area (Å²) in [5.74, 6) is -0.226. The van der Waals surface area contributed by atoms with Crippen molar-refractivity contribution in [3.63, 3.8) is 0 Å². The van der Waals surface area contributed by atoms with Crippen molar-refractivity contribution in [1.82, 2.24) is 5.32 Å². The van der Waals surface area contributed by atoms with Crippen LogP contribution in [0.5, 0.6) is 0 Å². The maximum atomic E-state index is 11.7. The molecule has 0 aliphatic carbocycles. The third-order valence-corrected chi connectivity index (χ3v) is 2.72. The number of carbonyl (C=O) groups excluding carboxylic acids is 1. The van der Waals surface area contributed by atoms with Gasteiger partial charge in [0.1, 0.15) is 6.10 Å². The van der Waals surface area contributed by atoms with Gasteiger partial charge in [-0.3, -0.25) is 0 Å². The highest BCUT2D eigenvalue weighted by Crippen LogP contribution is 2.13. The van der Waals surface area contributed by atoms with Gasteiger partial charge in [-0.2, -0.15) is 0 Å². The van der Waals surface area contributed by atoms with E-state index in [2.05, 4.69) is 5.32 Å². The van der Waals surface area contributed by atoms with Gasteiger partial charge in [0, 0.05) is 6.04 Å². The van der Waals surface area contributed by atoms with E-state index in [1.807, 2.05) is 25.1 Å². The van der Waals surface area contributed by atoms with Crippen LogP contribution >= 0.6 is 0 Å². The predicted octanol–water partition coefficient (Wildman–Crippen LogP) is 1.59. The molecule has 0 aromatic heterocycles. The molecule has 1 aliphatic heterocycles. The van der Waals surface area contributed by atoms with Crippen LogP contribution in [0.4, 0.5) is 0 Å². The average molecular weight is 205 g/mol. The fourth-order valence-corrected chi connectivity index (χ4v) is 1.78. The lowest BCUT2D eigenvalue weighted by Gasteiger charge is -2.15. The van der Waals surface area contributed by atoms with Gasteiger partial charge in [0.15, 0.2) is 0 Å². The van der Waals surface area contributed by atoms with E-state index in [0.717, 1.165) is 13.0 Å². The maximum Gasteiger partial charge on any atom is 0.338 e. The molecule has 1 aromatic rings. The minimum absolute atomic E-state index is 0.0118. The van der Waals surface area contributed by atoms with Crippen molar-refractivity contribution in [3.8, 4) is 0 Å². The van der Waals surface area contributed by atoms with Gasteiger partial charge in [0.25, 0.3) is 0 Å². The molecule has 0 radical (unpaired) electrons. The Labute approximate surface area is 89.4 Å². The zero-order valence-corrected chi connectivity index (χ0v) is 8.77. The zero-order chi connectivity index (χ0) is 10.7. The van der Waals surface area contributed by atoms with Crippen LogP contribution in [0.15, 0.2) is 30.3 Å². The Kier molecular flexibility index (Phi) is 3.02. The summed E-state index contributed by atoms with van der Waals surface area (Å²) in [7, 11) is 0. The molecule has 1 aromatic carbocycles. The summed E-state index contributed by atoms with van der Waals surface area (Å²) in [6.07, 6.45) is 0.914.